The smallest absolute Gasteiger partial charge is 0.240 e. The summed E-state index contributed by atoms with van der Waals surface area (Å²) in [6, 6.07) is 3.68. The van der Waals surface area contributed by atoms with Crippen LogP contribution in [-0.4, -0.2) is 27.2 Å². The lowest BCUT2D eigenvalue weighted by Crippen LogP contribution is -2.22. The summed E-state index contributed by atoms with van der Waals surface area (Å²) in [6.07, 6.45) is 2.69. The number of nitro groups is 1. The van der Waals surface area contributed by atoms with Crippen LogP contribution in [0.2, 0.25) is 5.15 Å². The molecule has 0 aromatic carbocycles. The van der Waals surface area contributed by atoms with Crippen LogP contribution in [0.5, 0.6) is 0 Å². The van der Waals surface area contributed by atoms with Crippen LogP contribution < -0.4 is 0 Å². The summed E-state index contributed by atoms with van der Waals surface area (Å²) in [5.74, 6) is 0.698. The molecule has 18 heavy (non-hydrogen) atoms. The van der Waals surface area contributed by atoms with Crippen LogP contribution in [0, 0.1) is 10.1 Å². The third-order valence-electron chi connectivity index (χ3n) is 2.18. The molecule has 0 radical (unpaired) electrons. The molecule has 0 saturated heterocycles. The SMILES string of the molecule is CCN(CSC=C[N+](=O)[O-])Cc1ccc(Cl)nc1. The van der Waals surface area contributed by atoms with E-state index in [1.165, 1.54) is 17.2 Å². The second kappa shape index (κ2) is 8.07. The van der Waals surface area contributed by atoms with Gasteiger partial charge in [-0.2, -0.15) is 0 Å². The number of pyridine rings is 1. The average Bonchev–Trinajstić information content (AvgIpc) is 2.35. The second-order valence-corrected chi connectivity index (χ2v) is 4.75. The van der Waals surface area contributed by atoms with Gasteiger partial charge in [0.1, 0.15) is 5.15 Å². The first-order valence-electron chi connectivity index (χ1n) is 5.36. The van der Waals surface area contributed by atoms with Gasteiger partial charge in [-0.3, -0.25) is 15.0 Å². The van der Waals surface area contributed by atoms with Crippen molar-refractivity contribution in [2.75, 3.05) is 12.4 Å². The first kappa shape index (κ1) is 14.9. The standard InChI is InChI=1S/C11H14ClN3O2S/c1-2-14(9-18-6-5-15(16)17)8-10-3-4-11(12)13-7-10/h3-7H,2,8-9H2,1H3. The Labute approximate surface area is 115 Å². The first-order valence-corrected chi connectivity index (χ1v) is 6.79. The zero-order valence-electron chi connectivity index (χ0n) is 9.95. The molecule has 0 unspecified atom stereocenters. The van der Waals surface area contributed by atoms with Crippen molar-refractivity contribution in [3.63, 3.8) is 0 Å². The van der Waals surface area contributed by atoms with Crippen LogP contribution in [0.25, 0.3) is 0 Å². The molecule has 1 heterocycles. The van der Waals surface area contributed by atoms with Crippen molar-refractivity contribution in [3.05, 3.63) is 50.8 Å². The van der Waals surface area contributed by atoms with Crippen molar-refractivity contribution in [3.8, 4) is 0 Å². The maximum absolute atomic E-state index is 10.1. The highest BCUT2D eigenvalue weighted by Crippen LogP contribution is 2.11. The summed E-state index contributed by atoms with van der Waals surface area (Å²) in [5.41, 5.74) is 1.07. The van der Waals surface area contributed by atoms with E-state index in [9.17, 15) is 10.1 Å². The molecule has 0 aliphatic rings. The topological polar surface area (TPSA) is 59.3 Å². The summed E-state index contributed by atoms with van der Waals surface area (Å²) in [7, 11) is 0. The number of aromatic nitrogens is 1. The van der Waals surface area contributed by atoms with Crippen molar-refractivity contribution in [1.29, 1.82) is 0 Å². The summed E-state index contributed by atoms with van der Waals surface area (Å²) in [6.45, 7) is 3.66. The summed E-state index contributed by atoms with van der Waals surface area (Å²) in [5, 5.41) is 12.1. The van der Waals surface area contributed by atoms with E-state index >= 15 is 0 Å². The van der Waals surface area contributed by atoms with E-state index in [2.05, 4.69) is 9.88 Å². The van der Waals surface area contributed by atoms with E-state index < -0.39 is 4.92 Å². The number of halogens is 1. The molecule has 0 spiro atoms. The summed E-state index contributed by atoms with van der Waals surface area (Å²) >= 11 is 7.11. The fourth-order valence-electron chi connectivity index (χ4n) is 1.25. The van der Waals surface area contributed by atoms with Gasteiger partial charge in [-0.25, -0.2) is 4.98 Å². The van der Waals surface area contributed by atoms with Crippen molar-refractivity contribution in [1.82, 2.24) is 9.88 Å². The van der Waals surface area contributed by atoms with Gasteiger partial charge in [0.05, 0.1) is 4.92 Å². The van der Waals surface area contributed by atoms with Crippen molar-refractivity contribution in [2.45, 2.75) is 13.5 Å². The molecule has 98 valence electrons. The minimum absolute atomic E-state index is 0.466. The highest BCUT2D eigenvalue weighted by atomic mass is 35.5. The molecule has 0 aliphatic heterocycles. The lowest BCUT2D eigenvalue weighted by Gasteiger charge is -2.18. The molecule has 0 atom stereocenters. The van der Waals surface area contributed by atoms with Gasteiger partial charge in [-0.1, -0.05) is 24.6 Å². The fourth-order valence-corrected chi connectivity index (χ4v) is 2.12. The van der Waals surface area contributed by atoms with Crippen LogP contribution >= 0.6 is 23.4 Å². The quantitative estimate of drug-likeness (QED) is 0.334. The zero-order chi connectivity index (χ0) is 13.4. The van der Waals surface area contributed by atoms with Crippen LogP contribution in [0.3, 0.4) is 0 Å². The third kappa shape index (κ3) is 6.00. The third-order valence-corrected chi connectivity index (χ3v) is 3.23. The minimum Gasteiger partial charge on any atom is -0.290 e. The number of hydrogen-bond acceptors (Lipinski definition) is 5. The molecule has 1 aromatic heterocycles. The second-order valence-electron chi connectivity index (χ2n) is 3.50. The van der Waals surface area contributed by atoms with E-state index in [-0.39, 0.29) is 0 Å². The molecule has 1 aromatic rings. The van der Waals surface area contributed by atoms with Gasteiger partial charge in [0, 0.05) is 24.0 Å². The highest BCUT2D eigenvalue weighted by molar-refractivity contribution is 8.02. The Bertz CT molecular complexity index is 411. The number of thioether (sulfide) groups is 1. The summed E-state index contributed by atoms with van der Waals surface area (Å²) in [4.78, 5) is 15.8. The molecule has 0 N–H and O–H groups in total. The predicted molar refractivity (Wildman–Crippen MR) is 73.9 cm³/mol. The van der Waals surface area contributed by atoms with Gasteiger partial charge in [0.25, 0.3) is 0 Å². The average molecular weight is 288 g/mol. The first-order chi connectivity index (χ1) is 8.61. The fraction of sp³-hybridized carbons (Fsp3) is 0.364. The number of rotatable bonds is 7. The van der Waals surface area contributed by atoms with Gasteiger partial charge in [0.2, 0.25) is 6.20 Å². The largest absolute Gasteiger partial charge is 0.290 e. The molecule has 0 saturated carbocycles. The zero-order valence-corrected chi connectivity index (χ0v) is 11.5. The van der Waals surface area contributed by atoms with Gasteiger partial charge >= 0.3 is 0 Å². The normalized spacial score (nSPS) is 11.3. The van der Waals surface area contributed by atoms with Crippen molar-refractivity contribution >= 4 is 23.4 Å². The number of nitrogens with zero attached hydrogens (tertiary/aromatic N) is 3. The Kier molecular flexibility index (Phi) is 6.70. The molecule has 0 amide bonds. The van der Waals surface area contributed by atoms with Crippen molar-refractivity contribution < 1.29 is 4.92 Å². The Balaban J connectivity index is 2.42. The molecule has 5 nitrogen and oxygen atoms in total. The Morgan fingerprint density at radius 1 is 1.61 bits per heavy atom. The minimum atomic E-state index is -0.466. The van der Waals surface area contributed by atoms with E-state index in [1.54, 1.807) is 12.3 Å². The maximum atomic E-state index is 10.1. The maximum Gasteiger partial charge on any atom is 0.240 e. The van der Waals surface area contributed by atoms with Crippen LogP contribution in [-0.2, 0) is 6.54 Å². The van der Waals surface area contributed by atoms with Crippen LogP contribution in [0.4, 0.5) is 0 Å². The van der Waals surface area contributed by atoms with E-state index in [0.717, 1.165) is 24.9 Å². The Morgan fingerprint density at radius 3 is 2.94 bits per heavy atom. The monoisotopic (exact) mass is 287 g/mol. The Morgan fingerprint density at radius 2 is 2.39 bits per heavy atom. The Hall–Kier alpha value is -1.11. The lowest BCUT2D eigenvalue weighted by molar-refractivity contribution is -0.402. The molecule has 0 aliphatic carbocycles. The molecule has 0 fully saturated rings. The van der Waals surface area contributed by atoms with Gasteiger partial charge < -0.3 is 0 Å². The molecule has 7 heteroatoms. The van der Waals surface area contributed by atoms with E-state index in [4.69, 9.17) is 11.6 Å². The number of hydrogen-bond donors (Lipinski definition) is 0. The van der Waals surface area contributed by atoms with Gasteiger partial charge in [-0.05, 0) is 18.2 Å². The summed E-state index contributed by atoms with van der Waals surface area (Å²) < 4.78 is 0. The highest BCUT2D eigenvalue weighted by Gasteiger charge is 2.03. The predicted octanol–water partition coefficient (Wildman–Crippen LogP) is 3.00. The van der Waals surface area contributed by atoms with Crippen LogP contribution in [0.1, 0.15) is 12.5 Å². The van der Waals surface area contributed by atoms with Gasteiger partial charge in [-0.15, -0.1) is 11.8 Å². The van der Waals surface area contributed by atoms with E-state index in [1.807, 2.05) is 13.0 Å². The molecule has 1 rings (SSSR count). The van der Waals surface area contributed by atoms with E-state index in [0.29, 0.717) is 11.0 Å². The van der Waals surface area contributed by atoms with Crippen molar-refractivity contribution in [2.24, 2.45) is 0 Å². The van der Waals surface area contributed by atoms with Crippen LogP contribution in [0.15, 0.2) is 29.9 Å². The lowest BCUT2D eigenvalue weighted by atomic mass is 10.3. The molecular formula is C11H14ClN3O2S. The molecular weight excluding hydrogens is 274 g/mol. The van der Waals surface area contributed by atoms with Gasteiger partial charge in [0.15, 0.2) is 0 Å². The molecule has 0 bridgehead atoms.